The van der Waals surface area contributed by atoms with Crippen LogP contribution in [0.4, 0.5) is 8.78 Å². The second-order valence-electron chi connectivity index (χ2n) is 5.70. The maximum atomic E-state index is 13.2. The standard InChI is InChI=1S/C16H17F2N3O/c1-10-8-19-16(20-10)12-4-5-21(9-12)15(22)7-11-2-3-13(17)14(18)6-11/h2-3,6,8,12H,4-5,7,9H2,1H3,(H,19,20)/t12-/m0/s1. The molecule has 0 radical (unpaired) electrons. The number of aromatic amines is 1. The highest BCUT2D eigenvalue weighted by atomic mass is 19.2. The first-order valence-corrected chi connectivity index (χ1v) is 7.26. The van der Waals surface area contributed by atoms with E-state index in [0.717, 1.165) is 30.1 Å². The number of amides is 1. The van der Waals surface area contributed by atoms with Crippen LogP contribution in [0.25, 0.3) is 0 Å². The Bertz CT molecular complexity index is 698. The zero-order valence-corrected chi connectivity index (χ0v) is 12.3. The third-order valence-corrected chi connectivity index (χ3v) is 3.99. The van der Waals surface area contributed by atoms with E-state index in [4.69, 9.17) is 0 Å². The van der Waals surface area contributed by atoms with Crippen molar-refractivity contribution in [3.8, 4) is 0 Å². The molecule has 0 saturated carbocycles. The van der Waals surface area contributed by atoms with Gasteiger partial charge in [0, 0.05) is 30.9 Å². The average molecular weight is 305 g/mol. The first-order valence-electron chi connectivity index (χ1n) is 7.26. The van der Waals surface area contributed by atoms with Gasteiger partial charge in [-0.25, -0.2) is 13.8 Å². The molecule has 22 heavy (non-hydrogen) atoms. The number of hydrogen-bond donors (Lipinski definition) is 1. The molecule has 1 fully saturated rings. The predicted octanol–water partition coefficient (Wildman–Crippen LogP) is 2.55. The zero-order valence-electron chi connectivity index (χ0n) is 12.3. The Morgan fingerprint density at radius 2 is 2.23 bits per heavy atom. The number of halogens is 2. The quantitative estimate of drug-likeness (QED) is 0.947. The summed E-state index contributed by atoms with van der Waals surface area (Å²) in [5.74, 6) is -0.777. The van der Waals surface area contributed by atoms with Crippen molar-refractivity contribution in [3.05, 3.63) is 53.1 Å². The summed E-state index contributed by atoms with van der Waals surface area (Å²) in [6.45, 7) is 3.21. The Balaban J connectivity index is 1.62. The molecule has 1 aliphatic rings. The topological polar surface area (TPSA) is 49.0 Å². The number of nitrogens with one attached hydrogen (secondary N) is 1. The molecule has 1 aromatic carbocycles. The molecular weight excluding hydrogens is 288 g/mol. The Hall–Kier alpha value is -2.24. The third-order valence-electron chi connectivity index (χ3n) is 3.99. The van der Waals surface area contributed by atoms with Crippen molar-refractivity contribution >= 4 is 5.91 Å². The zero-order chi connectivity index (χ0) is 15.7. The van der Waals surface area contributed by atoms with Gasteiger partial charge in [0.25, 0.3) is 0 Å². The summed E-state index contributed by atoms with van der Waals surface area (Å²) in [6.07, 6.45) is 2.72. The van der Waals surface area contributed by atoms with Gasteiger partial charge in [0.2, 0.25) is 5.91 Å². The predicted molar refractivity (Wildman–Crippen MR) is 77.3 cm³/mol. The number of aromatic nitrogens is 2. The van der Waals surface area contributed by atoms with E-state index < -0.39 is 11.6 Å². The maximum absolute atomic E-state index is 13.2. The molecular formula is C16H17F2N3O. The van der Waals surface area contributed by atoms with Crippen LogP contribution >= 0.6 is 0 Å². The number of rotatable bonds is 3. The van der Waals surface area contributed by atoms with Crippen LogP contribution in [0.1, 0.15) is 29.4 Å². The highest BCUT2D eigenvalue weighted by Crippen LogP contribution is 2.25. The second kappa shape index (κ2) is 5.87. The highest BCUT2D eigenvalue weighted by Gasteiger charge is 2.28. The van der Waals surface area contributed by atoms with Crippen molar-refractivity contribution in [2.45, 2.75) is 25.7 Å². The van der Waals surface area contributed by atoms with Crippen molar-refractivity contribution in [2.24, 2.45) is 0 Å². The third kappa shape index (κ3) is 3.00. The summed E-state index contributed by atoms with van der Waals surface area (Å²) in [7, 11) is 0. The van der Waals surface area contributed by atoms with E-state index in [0.29, 0.717) is 18.7 Å². The summed E-state index contributed by atoms with van der Waals surface area (Å²) in [5, 5.41) is 0. The van der Waals surface area contributed by atoms with Crippen molar-refractivity contribution in [3.63, 3.8) is 0 Å². The van der Waals surface area contributed by atoms with Crippen LogP contribution in [0, 0.1) is 18.6 Å². The molecule has 0 spiro atoms. The minimum atomic E-state index is -0.921. The fourth-order valence-corrected chi connectivity index (χ4v) is 2.79. The number of hydrogen-bond acceptors (Lipinski definition) is 2. The van der Waals surface area contributed by atoms with E-state index >= 15 is 0 Å². The summed E-state index contributed by atoms with van der Waals surface area (Å²) < 4.78 is 26.1. The van der Waals surface area contributed by atoms with Gasteiger partial charge >= 0.3 is 0 Å². The molecule has 0 aliphatic carbocycles. The minimum absolute atomic E-state index is 0.0724. The molecule has 0 unspecified atom stereocenters. The molecule has 1 amide bonds. The van der Waals surface area contributed by atoms with Crippen LogP contribution in [0.15, 0.2) is 24.4 Å². The molecule has 4 nitrogen and oxygen atoms in total. The van der Waals surface area contributed by atoms with Crippen LogP contribution in [0.5, 0.6) is 0 Å². The van der Waals surface area contributed by atoms with Gasteiger partial charge in [0.05, 0.1) is 6.42 Å². The van der Waals surface area contributed by atoms with Gasteiger partial charge < -0.3 is 9.88 Å². The van der Waals surface area contributed by atoms with Gasteiger partial charge in [-0.2, -0.15) is 0 Å². The normalized spacial score (nSPS) is 18.0. The lowest BCUT2D eigenvalue weighted by Gasteiger charge is -2.16. The van der Waals surface area contributed by atoms with E-state index in [-0.39, 0.29) is 18.2 Å². The van der Waals surface area contributed by atoms with Crippen molar-refractivity contribution in [1.82, 2.24) is 14.9 Å². The lowest BCUT2D eigenvalue weighted by atomic mass is 10.1. The number of carbonyl (C=O) groups excluding carboxylic acids is 1. The highest BCUT2D eigenvalue weighted by molar-refractivity contribution is 5.79. The van der Waals surface area contributed by atoms with E-state index in [9.17, 15) is 13.6 Å². The number of aryl methyl sites for hydroxylation is 1. The molecule has 0 bridgehead atoms. The number of H-pyrrole nitrogens is 1. The summed E-state index contributed by atoms with van der Waals surface area (Å²) in [6, 6.07) is 3.58. The maximum Gasteiger partial charge on any atom is 0.227 e. The molecule has 1 aromatic heterocycles. The lowest BCUT2D eigenvalue weighted by Crippen LogP contribution is -2.30. The smallest absolute Gasteiger partial charge is 0.227 e. The Morgan fingerprint density at radius 3 is 2.91 bits per heavy atom. The Kier molecular flexibility index (Phi) is 3.92. The lowest BCUT2D eigenvalue weighted by molar-refractivity contribution is -0.129. The van der Waals surface area contributed by atoms with Gasteiger partial charge in [0.1, 0.15) is 5.82 Å². The molecule has 2 aromatic rings. The van der Waals surface area contributed by atoms with Gasteiger partial charge in [-0.15, -0.1) is 0 Å². The summed E-state index contributed by atoms with van der Waals surface area (Å²) in [4.78, 5) is 21.5. The molecule has 116 valence electrons. The molecule has 6 heteroatoms. The number of nitrogens with zero attached hydrogens (tertiary/aromatic N) is 2. The largest absolute Gasteiger partial charge is 0.346 e. The molecule has 1 aliphatic heterocycles. The van der Waals surface area contributed by atoms with E-state index in [1.54, 1.807) is 11.1 Å². The fourth-order valence-electron chi connectivity index (χ4n) is 2.79. The summed E-state index contributed by atoms with van der Waals surface area (Å²) >= 11 is 0. The molecule has 1 saturated heterocycles. The van der Waals surface area contributed by atoms with Gasteiger partial charge in [0.15, 0.2) is 11.6 Å². The number of imidazole rings is 1. The number of likely N-dealkylation sites (tertiary alicyclic amines) is 1. The van der Waals surface area contributed by atoms with Gasteiger partial charge in [-0.05, 0) is 31.0 Å². The van der Waals surface area contributed by atoms with Crippen LogP contribution < -0.4 is 0 Å². The van der Waals surface area contributed by atoms with E-state index in [1.807, 2.05) is 6.92 Å². The first-order chi connectivity index (χ1) is 10.5. The monoisotopic (exact) mass is 305 g/mol. The SMILES string of the molecule is Cc1cnc([C@H]2CCN(C(=O)Cc3ccc(F)c(F)c3)C2)[nH]1. The number of carbonyl (C=O) groups is 1. The Morgan fingerprint density at radius 1 is 1.41 bits per heavy atom. The van der Waals surface area contributed by atoms with Crippen LogP contribution in [0.3, 0.4) is 0 Å². The van der Waals surface area contributed by atoms with Gasteiger partial charge in [-0.1, -0.05) is 6.07 Å². The molecule has 2 heterocycles. The van der Waals surface area contributed by atoms with Gasteiger partial charge in [-0.3, -0.25) is 4.79 Å². The van der Waals surface area contributed by atoms with E-state index in [2.05, 4.69) is 9.97 Å². The summed E-state index contributed by atoms with van der Waals surface area (Å²) in [5.41, 5.74) is 1.49. The molecule has 3 rings (SSSR count). The van der Waals surface area contributed by atoms with Crippen molar-refractivity contribution in [2.75, 3.05) is 13.1 Å². The van der Waals surface area contributed by atoms with Crippen LogP contribution in [-0.4, -0.2) is 33.9 Å². The minimum Gasteiger partial charge on any atom is -0.346 e. The average Bonchev–Trinajstić information content (AvgIpc) is 3.11. The van der Waals surface area contributed by atoms with Crippen molar-refractivity contribution < 1.29 is 13.6 Å². The van der Waals surface area contributed by atoms with Crippen LogP contribution in [0.2, 0.25) is 0 Å². The molecule has 1 N–H and O–H groups in total. The van der Waals surface area contributed by atoms with E-state index in [1.165, 1.54) is 6.07 Å². The Labute approximate surface area is 127 Å². The fraction of sp³-hybridized carbons (Fsp3) is 0.375. The number of benzene rings is 1. The van der Waals surface area contributed by atoms with Crippen LogP contribution in [-0.2, 0) is 11.2 Å². The first kappa shape index (κ1) is 14.7. The molecule has 1 atom stereocenters. The second-order valence-corrected chi connectivity index (χ2v) is 5.70. The van der Waals surface area contributed by atoms with Crippen molar-refractivity contribution in [1.29, 1.82) is 0 Å².